The Balaban J connectivity index is 2.10. The summed E-state index contributed by atoms with van der Waals surface area (Å²) >= 11 is 0. The van der Waals surface area contributed by atoms with E-state index in [-0.39, 0.29) is 0 Å². The first-order chi connectivity index (χ1) is 6.68. The molecule has 1 aliphatic carbocycles. The molecule has 1 aromatic rings. The Morgan fingerprint density at radius 1 is 1.43 bits per heavy atom. The van der Waals surface area contributed by atoms with Crippen LogP contribution in [0.1, 0.15) is 36.3 Å². The second kappa shape index (κ2) is 3.73. The zero-order valence-corrected chi connectivity index (χ0v) is 8.92. The van der Waals surface area contributed by atoms with Crippen molar-refractivity contribution in [1.82, 2.24) is 5.16 Å². The van der Waals surface area contributed by atoms with Gasteiger partial charge in [0, 0.05) is 11.6 Å². The minimum atomic E-state index is 0.378. The fourth-order valence-electron chi connectivity index (χ4n) is 2.37. The Kier molecular flexibility index (Phi) is 2.59. The van der Waals surface area contributed by atoms with Gasteiger partial charge in [-0.3, -0.25) is 0 Å². The van der Waals surface area contributed by atoms with Crippen molar-refractivity contribution in [2.75, 3.05) is 0 Å². The van der Waals surface area contributed by atoms with E-state index in [1.165, 1.54) is 24.8 Å². The first-order valence-corrected chi connectivity index (χ1v) is 5.36. The van der Waals surface area contributed by atoms with Gasteiger partial charge in [-0.25, -0.2) is 0 Å². The summed E-state index contributed by atoms with van der Waals surface area (Å²) in [6.45, 7) is 3.99. The van der Waals surface area contributed by atoms with Crippen LogP contribution in [0.15, 0.2) is 4.52 Å². The number of hydrogen-bond donors (Lipinski definition) is 1. The van der Waals surface area contributed by atoms with Crippen LogP contribution in [0.2, 0.25) is 0 Å². The van der Waals surface area contributed by atoms with Crippen molar-refractivity contribution < 1.29 is 4.52 Å². The topological polar surface area (TPSA) is 52.0 Å². The van der Waals surface area contributed by atoms with Gasteiger partial charge in [-0.15, -0.1) is 0 Å². The van der Waals surface area contributed by atoms with Crippen LogP contribution in [0, 0.1) is 19.8 Å². The van der Waals surface area contributed by atoms with E-state index in [1.54, 1.807) is 0 Å². The maximum atomic E-state index is 6.04. The Labute approximate surface area is 84.7 Å². The Morgan fingerprint density at radius 3 is 2.71 bits per heavy atom. The summed E-state index contributed by atoms with van der Waals surface area (Å²) in [4.78, 5) is 0. The molecule has 2 atom stereocenters. The Hall–Kier alpha value is -0.830. The third-order valence-corrected chi connectivity index (χ3v) is 3.37. The van der Waals surface area contributed by atoms with Gasteiger partial charge in [-0.1, -0.05) is 11.6 Å². The second-order valence-corrected chi connectivity index (χ2v) is 4.36. The van der Waals surface area contributed by atoms with Gasteiger partial charge in [-0.05, 0) is 39.0 Å². The molecule has 1 aliphatic rings. The second-order valence-electron chi connectivity index (χ2n) is 4.36. The van der Waals surface area contributed by atoms with E-state index < -0.39 is 0 Å². The summed E-state index contributed by atoms with van der Waals surface area (Å²) in [5.41, 5.74) is 8.34. The maximum absolute atomic E-state index is 6.04. The van der Waals surface area contributed by atoms with Crippen LogP contribution in [-0.4, -0.2) is 11.2 Å². The quantitative estimate of drug-likeness (QED) is 0.783. The molecule has 78 valence electrons. The van der Waals surface area contributed by atoms with Crippen LogP contribution >= 0.6 is 0 Å². The molecule has 0 aromatic carbocycles. The molecule has 2 rings (SSSR count). The minimum Gasteiger partial charge on any atom is -0.361 e. The molecule has 1 heterocycles. The van der Waals surface area contributed by atoms with Crippen LogP contribution in [0.3, 0.4) is 0 Å². The van der Waals surface area contributed by atoms with E-state index >= 15 is 0 Å². The number of hydrogen-bond acceptors (Lipinski definition) is 3. The molecule has 1 fully saturated rings. The van der Waals surface area contributed by atoms with Crippen molar-refractivity contribution in [2.24, 2.45) is 11.7 Å². The third-order valence-electron chi connectivity index (χ3n) is 3.37. The average molecular weight is 194 g/mol. The molecule has 0 amide bonds. The first kappa shape index (κ1) is 9.71. The molecular formula is C11H18N2O. The summed E-state index contributed by atoms with van der Waals surface area (Å²) in [6.07, 6.45) is 4.75. The molecule has 1 aromatic heterocycles. The Bertz CT molecular complexity index is 300. The van der Waals surface area contributed by atoms with Crippen LogP contribution in [0.25, 0.3) is 0 Å². The van der Waals surface area contributed by atoms with Gasteiger partial charge >= 0.3 is 0 Å². The highest BCUT2D eigenvalue weighted by atomic mass is 16.5. The number of aromatic nitrogens is 1. The van der Waals surface area contributed by atoms with Crippen LogP contribution in [-0.2, 0) is 6.42 Å². The molecule has 0 radical (unpaired) electrons. The Morgan fingerprint density at radius 2 is 2.21 bits per heavy atom. The largest absolute Gasteiger partial charge is 0.361 e. The highest BCUT2D eigenvalue weighted by Crippen LogP contribution is 2.29. The third kappa shape index (κ3) is 1.69. The van der Waals surface area contributed by atoms with Gasteiger partial charge in [0.25, 0.3) is 0 Å². The highest BCUT2D eigenvalue weighted by molar-refractivity contribution is 5.21. The number of aryl methyl sites for hydroxylation is 2. The molecule has 0 saturated heterocycles. The van der Waals surface area contributed by atoms with Crippen LogP contribution in [0.5, 0.6) is 0 Å². The molecule has 2 unspecified atom stereocenters. The maximum Gasteiger partial charge on any atom is 0.137 e. The first-order valence-electron chi connectivity index (χ1n) is 5.36. The molecule has 1 saturated carbocycles. The van der Waals surface area contributed by atoms with Crippen molar-refractivity contribution in [3.05, 3.63) is 17.0 Å². The van der Waals surface area contributed by atoms with Gasteiger partial charge in [0.05, 0.1) is 5.69 Å². The molecule has 14 heavy (non-hydrogen) atoms. The molecule has 0 spiro atoms. The zero-order valence-electron chi connectivity index (χ0n) is 8.92. The van der Waals surface area contributed by atoms with Gasteiger partial charge in [0.15, 0.2) is 0 Å². The van der Waals surface area contributed by atoms with E-state index in [9.17, 15) is 0 Å². The van der Waals surface area contributed by atoms with Crippen molar-refractivity contribution in [3.63, 3.8) is 0 Å². The van der Waals surface area contributed by atoms with E-state index in [1.807, 2.05) is 13.8 Å². The summed E-state index contributed by atoms with van der Waals surface area (Å²) < 4.78 is 5.15. The van der Waals surface area contributed by atoms with Crippen molar-refractivity contribution in [2.45, 2.75) is 45.6 Å². The number of nitrogens with zero attached hydrogens (tertiary/aromatic N) is 1. The predicted molar refractivity (Wildman–Crippen MR) is 55.0 cm³/mol. The van der Waals surface area contributed by atoms with Crippen molar-refractivity contribution >= 4 is 0 Å². The van der Waals surface area contributed by atoms with Gasteiger partial charge in [0.1, 0.15) is 5.76 Å². The number of nitrogens with two attached hydrogens (primary N) is 1. The number of rotatable bonds is 2. The molecular weight excluding hydrogens is 176 g/mol. The fraction of sp³-hybridized carbons (Fsp3) is 0.727. The standard InChI is InChI=1S/C11H18N2O/c1-7-10(8(2)14-13-7)6-9-4-3-5-11(9)12/h9,11H,3-6,12H2,1-2H3. The van der Waals surface area contributed by atoms with Gasteiger partial charge in [-0.2, -0.15) is 0 Å². The highest BCUT2D eigenvalue weighted by Gasteiger charge is 2.26. The van der Waals surface area contributed by atoms with E-state index in [0.29, 0.717) is 12.0 Å². The zero-order chi connectivity index (χ0) is 10.1. The molecule has 3 nitrogen and oxygen atoms in total. The average Bonchev–Trinajstić information content (AvgIpc) is 2.67. The van der Waals surface area contributed by atoms with Crippen LogP contribution in [0.4, 0.5) is 0 Å². The molecule has 0 aliphatic heterocycles. The van der Waals surface area contributed by atoms with E-state index in [4.69, 9.17) is 10.3 Å². The lowest BCUT2D eigenvalue weighted by Crippen LogP contribution is -2.26. The van der Waals surface area contributed by atoms with Gasteiger partial charge < -0.3 is 10.3 Å². The molecule has 0 bridgehead atoms. The molecule has 2 N–H and O–H groups in total. The van der Waals surface area contributed by atoms with E-state index in [0.717, 1.165) is 17.9 Å². The van der Waals surface area contributed by atoms with Gasteiger partial charge in [0.2, 0.25) is 0 Å². The summed E-state index contributed by atoms with van der Waals surface area (Å²) in [5, 5.41) is 3.97. The summed E-state index contributed by atoms with van der Waals surface area (Å²) in [5.74, 6) is 1.59. The lowest BCUT2D eigenvalue weighted by molar-refractivity contribution is 0.390. The van der Waals surface area contributed by atoms with Crippen LogP contribution < -0.4 is 5.73 Å². The minimum absolute atomic E-state index is 0.378. The lowest BCUT2D eigenvalue weighted by atomic mass is 9.94. The normalized spacial score (nSPS) is 27.1. The van der Waals surface area contributed by atoms with Crippen molar-refractivity contribution in [3.8, 4) is 0 Å². The van der Waals surface area contributed by atoms with Crippen molar-refractivity contribution in [1.29, 1.82) is 0 Å². The van der Waals surface area contributed by atoms with E-state index in [2.05, 4.69) is 5.16 Å². The smallest absolute Gasteiger partial charge is 0.137 e. The molecule has 3 heteroatoms. The fourth-order valence-corrected chi connectivity index (χ4v) is 2.37. The lowest BCUT2D eigenvalue weighted by Gasteiger charge is -2.14. The summed E-state index contributed by atoms with van der Waals surface area (Å²) in [7, 11) is 0. The predicted octanol–water partition coefficient (Wildman–Crippen LogP) is 1.96. The monoisotopic (exact) mass is 194 g/mol. The summed E-state index contributed by atoms with van der Waals surface area (Å²) in [6, 6.07) is 0.378. The SMILES string of the molecule is Cc1noc(C)c1CC1CCCC1N.